The molecule has 34 heavy (non-hydrogen) atoms. The molecule has 0 bridgehead atoms. The van der Waals surface area contributed by atoms with E-state index in [-0.39, 0.29) is 5.57 Å². The van der Waals surface area contributed by atoms with E-state index in [0.717, 1.165) is 21.6 Å². The Bertz CT molecular complexity index is 1320. The highest BCUT2D eigenvalue weighted by Gasteiger charge is 2.37. The van der Waals surface area contributed by atoms with Crippen LogP contribution in [0.15, 0.2) is 66.2 Å². The molecule has 5 nitrogen and oxygen atoms in total. The van der Waals surface area contributed by atoms with E-state index in [1.54, 1.807) is 18.2 Å². The van der Waals surface area contributed by atoms with Crippen LogP contribution in [0.5, 0.6) is 0 Å². The molecular formula is C28H25ClN2O3. The smallest absolute Gasteiger partial charge is 0.273 e. The van der Waals surface area contributed by atoms with Crippen LogP contribution in [-0.4, -0.2) is 17.8 Å². The molecule has 0 spiro atoms. The maximum absolute atomic E-state index is 13.2. The van der Waals surface area contributed by atoms with Gasteiger partial charge in [0.05, 0.1) is 5.69 Å². The number of hydrogen-bond donors (Lipinski definition) is 1. The summed E-state index contributed by atoms with van der Waals surface area (Å²) in [5, 5.41) is 2.82. The van der Waals surface area contributed by atoms with Gasteiger partial charge in [-0.3, -0.25) is 14.9 Å². The lowest BCUT2D eigenvalue weighted by molar-refractivity contribution is -0.122. The van der Waals surface area contributed by atoms with Crippen molar-refractivity contribution >= 4 is 41.2 Å². The van der Waals surface area contributed by atoms with Crippen molar-refractivity contribution in [1.29, 1.82) is 0 Å². The average molecular weight is 473 g/mol. The Kier molecular flexibility index (Phi) is 6.66. The number of hydrogen-bond acceptors (Lipinski definition) is 3. The highest BCUT2D eigenvalue weighted by Crippen LogP contribution is 2.27. The summed E-state index contributed by atoms with van der Waals surface area (Å²) >= 11 is 6.56. The Balaban J connectivity index is 1.64. The lowest BCUT2D eigenvalue weighted by Gasteiger charge is -2.28. The zero-order valence-electron chi connectivity index (χ0n) is 19.3. The molecule has 0 aliphatic carbocycles. The van der Waals surface area contributed by atoms with Gasteiger partial charge in [0.2, 0.25) is 0 Å². The Morgan fingerprint density at radius 3 is 2.29 bits per heavy atom. The Morgan fingerprint density at radius 2 is 1.62 bits per heavy atom. The normalized spacial score (nSPS) is 15.1. The van der Waals surface area contributed by atoms with Crippen LogP contribution in [-0.2, 0) is 22.4 Å². The zero-order chi connectivity index (χ0) is 24.4. The van der Waals surface area contributed by atoms with E-state index in [9.17, 15) is 14.4 Å². The van der Waals surface area contributed by atoms with Gasteiger partial charge in [0.15, 0.2) is 0 Å². The number of amides is 4. The van der Waals surface area contributed by atoms with Gasteiger partial charge in [-0.2, -0.15) is 0 Å². The van der Waals surface area contributed by atoms with Crippen LogP contribution in [0.1, 0.15) is 40.3 Å². The monoisotopic (exact) mass is 472 g/mol. The molecule has 0 saturated carbocycles. The standard InChI is InChI=1S/C28H25ClN2O3/c1-4-21-7-5-6-8-25(21)31-27(33)23(26(32)30-28(31)34)15-19-9-10-22(24(29)16-19)14-20-12-17(2)11-18(3)13-20/h5-13,15-16H,4,14H2,1-3H3,(H,30,32,34)/b23-15-. The van der Waals surface area contributed by atoms with Crippen molar-refractivity contribution < 1.29 is 14.4 Å². The molecule has 172 valence electrons. The first-order chi connectivity index (χ1) is 16.3. The Morgan fingerprint density at radius 1 is 0.912 bits per heavy atom. The zero-order valence-corrected chi connectivity index (χ0v) is 20.1. The summed E-state index contributed by atoms with van der Waals surface area (Å²) < 4.78 is 0. The predicted octanol–water partition coefficient (Wildman–Crippen LogP) is 5.78. The summed E-state index contributed by atoms with van der Waals surface area (Å²) in [6.45, 7) is 6.06. The second-order valence-electron chi connectivity index (χ2n) is 8.46. The summed E-state index contributed by atoms with van der Waals surface area (Å²) in [4.78, 5) is 39.3. The van der Waals surface area contributed by atoms with Crippen molar-refractivity contribution in [2.24, 2.45) is 0 Å². The van der Waals surface area contributed by atoms with Gasteiger partial charge in [0.1, 0.15) is 5.57 Å². The molecule has 0 unspecified atom stereocenters. The van der Waals surface area contributed by atoms with Crippen molar-refractivity contribution in [3.8, 4) is 0 Å². The number of urea groups is 1. The van der Waals surface area contributed by atoms with Gasteiger partial charge in [-0.25, -0.2) is 9.69 Å². The molecule has 1 aliphatic rings. The number of nitrogens with zero attached hydrogens (tertiary/aromatic N) is 1. The molecule has 3 aromatic rings. The first kappa shape index (κ1) is 23.5. The van der Waals surface area contributed by atoms with Crippen LogP contribution in [0, 0.1) is 13.8 Å². The molecular weight excluding hydrogens is 448 g/mol. The van der Waals surface area contributed by atoms with E-state index in [0.29, 0.717) is 29.1 Å². The molecule has 4 amide bonds. The average Bonchev–Trinajstić information content (AvgIpc) is 2.78. The van der Waals surface area contributed by atoms with Crippen molar-refractivity contribution in [3.05, 3.63) is 105 Å². The van der Waals surface area contributed by atoms with Crippen molar-refractivity contribution in [2.45, 2.75) is 33.6 Å². The first-order valence-electron chi connectivity index (χ1n) is 11.1. The predicted molar refractivity (Wildman–Crippen MR) is 135 cm³/mol. The number of barbiturate groups is 1. The molecule has 1 aliphatic heterocycles. The van der Waals surface area contributed by atoms with Crippen LogP contribution >= 0.6 is 11.6 Å². The van der Waals surface area contributed by atoms with Gasteiger partial charge < -0.3 is 0 Å². The number of benzene rings is 3. The van der Waals surface area contributed by atoms with Crippen LogP contribution in [0.2, 0.25) is 5.02 Å². The highest BCUT2D eigenvalue weighted by molar-refractivity contribution is 6.39. The lowest BCUT2D eigenvalue weighted by Crippen LogP contribution is -2.54. The first-order valence-corrected chi connectivity index (χ1v) is 11.5. The Labute approximate surface area is 204 Å². The number of para-hydroxylation sites is 1. The van der Waals surface area contributed by atoms with Gasteiger partial charge in [0.25, 0.3) is 11.8 Å². The lowest BCUT2D eigenvalue weighted by atomic mass is 9.99. The molecule has 1 N–H and O–H groups in total. The summed E-state index contributed by atoms with van der Waals surface area (Å²) in [6, 6.07) is 18.2. The van der Waals surface area contributed by atoms with Crippen molar-refractivity contribution in [2.75, 3.05) is 4.90 Å². The molecule has 6 heteroatoms. The van der Waals surface area contributed by atoms with Crippen LogP contribution in [0.3, 0.4) is 0 Å². The van der Waals surface area contributed by atoms with Gasteiger partial charge in [-0.05, 0) is 67.2 Å². The molecule has 1 fully saturated rings. The third kappa shape index (κ3) is 4.80. The van der Waals surface area contributed by atoms with Crippen LogP contribution < -0.4 is 10.2 Å². The molecule has 1 heterocycles. The fourth-order valence-electron chi connectivity index (χ4n) is 4.26. The van der Waals surface area contributed by atoms with E-state index in [4.69, 9.17) is 11.6 Å². The quantitative estimate of drug-likeness (QED) is 0.378. The number of anilines is 1. The summed E-state index contributed by atoms with van der Waals surface area (Å²) in [7, 11) is 0. The number of halogens is 1. The number of imide groups is 2. The third-order valence-electron chi connectivity index (χ3n) is 5.78. The van der Waals surface area contributed by atoms with E-state index >= 15 is 0 Å². The van der Waals surface area contributed by atoms with Crippen molar-refractivity contribution in [1.82, 2.24) is 5.32 Å². The van der Waals surface area contributed by atoms with E-state index in [2.05, 4.69) is 37.4 Å². The SMILES string of the molecule is CCc1ccccc1N1C(=O)NC(=O)/C(=C/c2ccc(Cc3cc(C)cc(C)c3)c(Cl)c2)C1=O. The number of carbonyl (C=O) groups excluding carboxylic acids is 3. The topological polar surface area (TPSA) is 66.5 Å². The van der Waals surface area contributed by atoms with E-state index in [1.807, 2.05) is 31.2 Å². The number of aryl methyl sites for hydroxylation is 3. The molecule has 4 rings (SSSR count). The summed E-state index contributed by atoms with van der Waals surface area (Å²) in [5.41, 5.74) is 6.27. The summed E-state index contributed by atoms with van der Waals surface area (Å²) in [6.07, 6.45) is 2.78. The van der Waals surface area contributed by atoms with Crippen molar-refractivity contribution in [3.63, 3.8) is 0 Å². The fraction of sp³-hybridized carbons (Fsp3) is 0.179. The second-order valence-corrected chi connectivity index (χ2v) is 8.87. The Hall–Kier alpha value is -3.70. The molecule has 0 aromatic heterocycles. The highest BCUT2D eigenvalue weighted by atomic mass is 35.5. The molecule has 0 radical (unpaired) electrons. The number of nitrogens with one attached hydrogen (secondary N) is 1. The summed E-state index contributed by atoms with van der Waals surface area (Å²) in [5.74, 6) is -1.39. The van der Waals surface area contributed by atoms with E-state index < -0.39 is 17.8 Å². The molecule has 3 aromatic carbocycles. The maximum Gasteiger partial charge on any atom is 0.335 e. The maximum atomic E-state index is 13.2. The van der Waals surface area contributed by atoms with Gasteiger partial charge in [-0.1, -0.05) is 78.2 Å². The second kappa shape index (κ2) is 9.65. The third-order valence-corrected chi connectivity index (χ3v) is 6.13. The van der Waals surface area contributed by atoms with E-state index in [1.165, 1.54) is 17.2 Å². The minimum Gasteiger partial charge on any atom is -0.273 e. The van der Waals surface area contributed by atoms with Gasteiger partial charge in [-0.15, -0.1) is 0 Å². The van der Waals surface area contributed by atoms with Crippen LogP contribution in [0.4, 0.5) is 10.5 Å². The number of carbonyl (C=O) groups is 3. The van der Waals surface area contributed by atoms with Crippen LogP contribution in [0.25, 0.3) is 6.08 Å². The molecule has 1 saturated heterocycles. The fourth-order valence-corrected chi connectivity index (χ4v) is 4.51. The largest absolute Gasteiger partial charge is 0.335 e. The van der Waals surface area contributed by atoms with Gasteiger partial charge >= 0.3 is 6.03 Å². The minimum absolute atomic E-state index is 0.122. The number of rotatable bonds is 5. The van der Waals surface area contributed by atoms with Gasteiger partial charge in [0, 0.05) is 5.02 Å². The molecule has 0 atom stereocenters. The minimum atomic E-state index is -0.755.